The predicted octanol–water partition coefficient (Wildman–Crippen LogP) is 4.84. The molecule has 3 aromatic rings. The Hall–Kier alpha value is -3.23. The third-order valence-electron chi connectivity index (χ3n) is 4.07. The molecule has 6 nitrogen and oxygen atoms in total. The zero-order valence-corrected chi connectivity index (χ0v) is 19.2. The third kappa shape index (κ3) is 6.37. The largest absolute Gasteiger partial charge is 0.506 e. The Morgan fingerprint density at radius 2 is 1.58 bits per heavy atom. The lowest BCUT2D eigenvalue weighted by Gasteiger charge is -2.09. The van der Waals surface area contributed by atoms with E-state index in [2.05, 4.69) is 47.7 Å². The number of hydrazone groups is 1. The first-order chi connectivity index (χ1) is 14.9. The summed E-state index contributed by atoms with van der Waals surface area (Å²) in [4.78, 5) is 25.3. The summed E-state index contributed by atoms with van der Waals surface area (Å²) in [7, 11) is 0. The molecule has 3 rings (SSSR count). The van der Waals surface area contributed by atoms with Crippen LogP contribution in [0, 0.1) is 0 Å². The molecule has 0 spiro atoms. The van der Waals surface area contributed by atoms with Crippen molar-refractivity contribution in [2.24, 2.45) is 5.10 Å². The normalized spacial score (nSPS) is 11.4. The molecule has 3 aromatic carbocycles. The molecule has 0 saturated carbocycles. The van der Waals surface area contributed by atoms with E-state index in [9.17, 15) is 14.7 Å². The van der Waals surface area contributed by atoms with E-state index in [0.717, 1.165) is 10.0 Å². The lowest BCUT2D eigenvalue weighted by atomic mass is 10.1. The fraction of sp³-hybridized carbons (Fsp3) is 0. The lowest BCUT2D eigenvalue weighted by molar-refractivity contribution is -0.117. The van der Waals surface area contributed by atoms with Gasteiger partial charge < -0.3 is 10.4 Å². The second-order valence-corrected chi connectivity index (χ2v) is 8.08. The van der Waals surface area contributed by atoms with E-state index in [-0.39, 0.29) is 11.4 Å². The van der Waals surface area contributed by atoms with Crippen molar-refractivity contribution in [3.8, 4) is 5.75 Å². The van der Waals surface area contributed by atoms with Crippen molar-refractivity contribution in [3.63, 3.8) is 0 Å². The first-order valence-electron chi connectivity index (χ1n) is 9.08. The molecule has 0 atom stereocenters. The highest BCUT2D eigenvalue weighted by molar-refractivity contribution is 9.11. The van der Waals surface area contributed by atoms with Gasteiger partial charge in [-0.25, -0.2) is 5.43 Å². The summed E-state index contributed by atoms with van der Waals surface area (Å²) in [6, 6.07) is 21.0. The SMILES string of the molecule is O=C(N/N=C/c1cc(Br)cc(Br)c1O)C(=Cc1ccccc1)NC(=O)c1ccccc1. The van der Waals surface area contributed by atoms with Crippen LogP contribution in [-0.4, -0.2) is 23.1 Å². The number of aromatic hydroxyl groups is 1. The van der Waals surface area contributed by atoms with E-state index in [1.807, 2.05) is 30.3 Å². The molecular weight excluding hydrogens is 526 g/mol. The molecule has 0 bridgehead atoms. The summed E-state index contributed by atoms with van der Waals surface area (Å²) in [5, 5.41) is 16.6. The minimum absolute atomic E-state index is 0.0152. The first-order valence-corrected chi connectivity index (χ1v) is 10.7. The van der Waals surface area contributed by atoms with Gasteiger partial charge in [-0.05, 0) is 51.8 Å². The van der Waals surface area contributed by atoms with E-state index in [4.69, 9.17) is 0 Å². The van der Waals surface area contributed by atoms with Crippen molar-refractivity contribution in [1.29, 1.82) is 0 Å². The summed E-state index contributed by atoms with van der Waals surface area (Å²) in [6.45, 7) is 0. The highest BCUT2D eigenvalue weighted by Gasteiger charge is 2.14. The van der Waals surface area contributed by atoms with Gasteiger partial charge in [-0.15, -0.1) is 0 Å². The molecule has 0 unspecified atom stereocenters. The Labute approximate surface area is 195 Å². The Bertz CT molecular complexity index is 1150. The number of rotatable bonds is 6. The maximum atomic E-state index is 12.7. The summed E-state index contributed by atoms with van der Waals surface area (Å²) in [6.07, 6.45) is 2.86. The van der Waals surface area contributed by atoms with Crippen LogP contribution in [0.2, 0.25) is 0 Å². The number of carbonyl (C=O) groups is 2. The van der Waals surface area contributed by atoms with Gasteiger partial charge in [0.2, 0.25) is 0 Å². The van der Waals surface area contributed by atoms with Gasteiger partial charge in [0, 0.05) is 15.6 Å². The van der Waals surface area contributed by atoms with E-state index < -0.39 is 11.8 Å². The molecule has 31 heavy (non-hydrogen) atoms. The number of nitrogens with one attached hydrogen (secondary N) is 2. The van der Waals surface area contributed by atoms with E-state index in [0.29, 0.717) is 15.6 Å². The predicted molar refractivity (Wildman–Crippen MR) is 128 cm³/mol. The van der Waals surface area contributed by atoms with Gasteiger partial charge >= 0.3 is 0 Å². The summed E-state index contributed by atoms with van der Waals surface area (Å²) in [5.74, 6) is -1.05. The van der Waals surface area contributed by atoms with Crippen LogP contribution in [0.4, 0.5) is 0 Å². The quantitative estimate of drug-likeness (QED) is 0.236. The topological polar surface area (TPSA) is 90.8 Å². The number of halogens is 2. The molecule has 0 saturated heterocycles. The van der Waals surface area contributed by atoms with Crippen molar-refractivity contribution in [2.75, 3.05) is 0 Å². The van der Waals surface area contributed by atoms with Gasteiger partial charge in [-0.2, -0.15) is 5.10 Å². The number of nitrogens with zero attached hydrogens (tertiary/aromatic N) is 1. The molecule has 0 aliphatic heterocycles. The zero-order chi connectivity index (χ0) is 22.2. The van der Waals surface area contributed by atoms with E-state index in [1.54, 1.807) is 48.5 Å². The maximum Gasteiger partial charge on any atom is 0.287 e. The van der Waals surface area contributed by atoms with Crippen LogP contribution in [0.15, 0.2) is 92.5 Å². The van der Waals surface area contributed by atoms with Crippen molar-refractivity contribution in [3.05, 3.63) is 104 Å². The third-order valence-corrected chi connectivity index (χ3v) is 5.13. The van der Waals surface area contributed by atoms with Gasteiger partial charge in [-0.3, -0.25) is 9.59 Å². The smallest absolute Gasteiger partial charge is 0.287 e. The number of phenolic OH excluding ortho intramolecular Hbond substituents is 1. The van der Waals surface area contributed by atoms with Crippen LogP contribution < -0.4 is 10.7 Å². The minimum atomic E-state index is -0.613. The van der Waals surface area contributed by atoms with Crippen LogP contribution in [0.1, 0.15) is 21.5 Å². The van der Waals surface area contributed by atoms with Gasteiger partial charge in [0.15, 0.2) is 0 Å². The highest BCUT2D eigenvalue weighted by atomic mass is 79.9. The number of hydrogen-bond donors (Lipinski definition) is 3. The molecule has 0 heterocycles. The van der Waals surface area contributed by atoms with Crippen molar-refractivity contribution in [1.82, 2.24) is 10.7 Å². The molecule has 0 aliphatic carbocycles. The molecule has 3 N–H and O–H groups in total. The molecule has 0 radical (unpaired) electrons. The number of benzene rings is 3. The Morgan fingerprint density at radius 1 is 0.935 bits per heavy atom. The van der Waals surface area contributed by atoms with Crippen LogP contribution in [0.25, 0.3) is 6.08 Å². The second kappa shape index (κ2) is 10.7. The maximum absolute atomic E-state index is 12.7. The average Bonchev–Trinajstić information content (AvgIpc) is 2.77. The summed E-state index contributed by atoms with van der Waals surface area (Å²) < 4.78 is 1.21. The van der Waals surface area contributed by atoms with Gasteiger partial charge in [0.1, 0.15) is 11.4 Å². The molecule has 0 aromatic heterocycles. The molecule has 0 fully saturated rings. The second-order valence-electron chi connectivity index (χ2n) is 6.31. The molecule has 2 amide bonds. The molecular formula is C23H17Br2N3O3. The van der Waals surface area contributed by atoms with Crippen LogP contribution >= 0.6 is 31.9 Å². The molecule has 0 aliphatic rings. The van der Waals surface area contributed by atoms with Crippen LogP contribution in [0.5, 0.6) is 5.75 Å². The fourth-order valence-electron chi connectivity index (χ4n) is 2.56. The monoisotopic (exact) mass is 541 g/mol. The zero-order valence-electron chi connectivity index (χ0n) is 16.0. The number of hydrogen-bond acceptors (Lipinski definition) is 4. The average molecular weight is 543 g/mol. The highest BCUT2D eigenvalue weighted by Crippen LogP contribution is 2.30. The first kappa shape index (κ1) is 22.5. The van der Waals surface area contributed by atoms with Crippen molar-refractivity contribution >= 4 is 56.0 Å². The van der Waals surface area contributed by atoms with Gasteiger partial charge in [0.25, 0.3) is 11.8 Å². The number of carbonyl (C=O) groups excluding carboxylic acids is 2. The standard InChI is InChI=1S/C23H17Br2N3O3/c24-18-12-17(21(29)19(25)13-18)14-26-28-23(31)20(11-15-7-3-1-4-8-15)27-22(30)16-9-5-2-6-10-16/h1-14,29H,(H,27,30)(H,28,31)/b20-11?,26-14+. The Morgan fingerprint density at radius 3 is 2.26 bits per heavy atom. The minimum Gasteiger partial charge on any atom is -0.506 e. The van der Waals surface area contributed by atoms with Crippen LogP contribution in [-0.2, 0) is 4.79 Å². The molecule has 156 valence electrons. The van der Waals surface area contributed by atoms with Crippen LogP contribution in [0.3, 0.4) is 0 Å². The number of phenols is 1. The Kier molecular flexibility index (Phi) is 7.75. The number of amides is 2. The fourth-order valence-corrected chi connectivity index (χ4v) is 3.82. The Balaban J connectivity index is 1.81. The lowest BCUT2D eigenvalue weighted by Crippen LogP contribution is -2.32. The summed E-state index contributed by atoms with van der Waals surface area (Å²) in [5.41, 5.74) is 3.95. The molecule has 8 heteroatoms. The van der Waals surface area contributed by atoms with E-state index in [1.165, 1.54) is 6.21 Å². The van der Waals surface area contributed by atoms with Crippen molar-refractivity contribution in [2.45, 2.75) is 0 Å². The summed E-state index contributed by atoms with van der Waals surface area (Å²) >= 11 is 6.57. The van der Waals surface area contributed by atoms with Gasteiger partial charge in [-0.1, -0.05) is 64.5 Å². The van der Waals surface area contributed by atoms with E-state index >= 15 is 0 Å². The van der Waals surface area contributed by atoms with Crippen molar-refractivity contribution < 1.29 is 14.7 Å². The van der Waals surface area contributed by atoms with Gasteiger partial charge in [0.05, 0.1) is 10.7 Å².